The van der Waals surface area contributed by atoms with E-state index in [1.807, 2.05) is 0 Å². The van der Waals surface area contributed by atoms with Crippen molar-refractivity contribution in [1.29, 1.82) is 0 Å². The van der Waals surface area contributed by atoms with Crippen LogP contribution in [0.15, 0.2) is 40.9 Å². The lowest BCUT2D eigenvalue weighted by Crippen LogP contribution is -1.96. The SMILES string of the molecule is Nc1cc(Oc2cc(Br)ccc2F)ccc1[N+](=O)[O-]. The minimum absolute atomic E-state index is 0.00243. The summed E-state index contributed by atoms with van der Waals surface area (Å²) < 4.78 is 19.4. The van der Waals surface area contributed by atoms with Gasteiger partial charge in [-0.05, 0) is 24.3 Å². The first-order valence-electron chi connectivity index (χ1n) is 5.14. The van der Waals surface area contributed by atoms with Gasteiger partial charge in [0.05, 0.1) is 4.92 Å². The first kappa shape index (κ1) is 13.3. The molecule has 0 heterocycles. The third-order valence-corrected chi connectivity index (χ3v) is 2.81. The van der Waals surface area contributed by atoms with Crippen molar-refractivity contribution in [2.45, 2.75) is 0 Å². The second-order valence-electron chi connectivity index (χ2n) is 3.65. The molecule has 0 aliphatic carbocycles. The van der Waals surface area contributed by atoms with Crippen LogP contribution in [0.3, 0.4) is 0 Å². The summed E-state index contributed by atoms with van der Waals surface area (Å²) in [7, 11) is 0. The molecule has 0 aliphatic heterocycles. The smallest absolute Gasteiger partial charge is 0.292 e. The molecule has 0 fully saturated rings. The fourth-order valence-electron chi connectivity index (χ4n) is 1.44. The molecule has 2 rings (SSSR count). The van der Waals surface area contributed by atoms with Crippen molar-refractivity contribution in [3.05, 3.63) is 56.8 Å². The predicted molar refractivity (Wildman–Crippen MR) is 71.7 cm³/mol. The van der Waals surface area contributed by atoms with E-state index in [-0.39, 0.29) is 22.9 Å². The van der Waals surface area contributed by atoms with Gasteiger partial charge in [-0.3, -0.25) is 10.1 Å². The summed E-state index contributed by atoms with van der Waals surface area (Å²) in [5, 5.41) is 10.6. The predicted octanol–water partition coefficient (Wildman–Crippen LogP) is 3.87. The zero-order valence-electron chi connectivity index (χ0n) is 9.47. The van der Waals surface area contributed by atoms with Crippen LogP contribution in [0.5, 0.6) is 11.5 Å². The minimum Gasteiger partial charge on any atom is -0.454 e. The van der Waals surface area contributed by atoms with Crippen LogP contribution in [0.2, 0.25) is 0 Å². The van der Waals surface area contributed by atoms with Gasteiger partial charge in [0, 0.05) is 16.6 Å². The van der Waals surface area contributed by atoms with Gasteiger partial charge >= 0.3 is 0 Å². The Bertz CT molecular complexity index is 649. The number of benzene rings is 2. The summed E-state index contributed by atoms with van der Waals surface area (Å²) in [5.74, 6) is -0.317. The molecule has 2 N–H and O–H groups in total. The second kappa shape index (κ2) is 5.23. The first-order chi connectivity index (χ1) is 8.97. The topological polar surface area (TPSA) is 78.4 Å². The van der Waals surface area contributed by atoms with Crippen LogP contribution in [0.1, 0.15) is 0 Å². The number of halogens is 2. The van der Waals surface area contributed by atoms with Gasteiger partial charge in [0.25, 0.3) is 5.69 Å². The molecular formula is C12H8BrFN2O3. The molecule has 7 heteroatoms. The fourth-order valence-corrected chi connectivity index (χ4v) is 1.78. The normalized spacial score (nSPS) is 10.2. The van der Waals surface area contributed by atoms with Crippen molar-refractivity contribution in [3.63, 3.8) is 0 Å². The average Bonchev–Trinajstić information content (AvgIpc) is 2.33. The number of hydrogen-bond acceptors (Lipinski definition) is 4. The highest BCUT2D eigenvalue weighted by Gasteiger charge is 2.13. The van der Waals surface area contributed by atoms with Crippen LogP contribution in [-0.4, -0.2) is 4.92 Å². The zero-order chi connectivity index (χ0) is 14.0. The van der Waals surface area contributed by atoms with E-state index in [0.717, 1.165) is 0 Å². The van der Waals surface area contributed by atoms with E-state index in [2.05, 4.69) is 15.9 Å². The van der Waals surface area contributed by atoms with Gasteiger partial charge in [0.15, 0.2) is 11.6 Å². The van der Waals surface area contributed by atoms with Crippen LogP contribution < -0.4 is 10.5 Å². The van der Waals surface area contributed by atoms with Gasteiger partial charge in [-0.1, -0.05) is 15.9 Å². The number of hydrogen-bond donors (Lipinski definition) is 1. The summed E-state index contributed by atoms with van der Waals surface area (Å²) in [4.78, 5) is 10.0. The van der Waals surface area contributed by atoms with Crippen molar-refractivity contribution in [1.82, 2.24) is 0 Å². The molecule has 0 aliphatic rings. The van der Waals surface area contributed by atoms with Crippen LogP contribution in [-0.2, 0) is 0 Å². The Morgan fingerprint density at radius 1 is 1.26 bits per heavy atom. The molecule has 0 unspecified atom stereocenters. The molecule has 0 bridgehead atoms. The highest BCUT2D eigenvalue weighted by atomic mass is 79.9. The van der Waals surface area contributed by atoms with Crippen molar-refractivity contribution in [2.75, 3.05) is 5.73 Å². The largest absolute Gasteiger partial charge is 0.454 e. The molecule has 5 nitrogen and oxygen atoms in total. The molecule has 0 radical (unpaired) electrons. The minimum atomic E-state index is -0.598. The summed E-state index contributed by atoms with van der Waals surface area (Å²) in [6, 6.07) is 8.07. The summed E-state index contributed by atoms with van der Waals surface area (Å²) >= 11 is 3.19. The quantitative estimate of drug-likeness (QED) is 0.527. The highest BCUT2D eigenvalue weighted by molar-refractivity contribution is 9.10. The number of nitrogens with two attached hydrogens (primary N) is 1. The van der Waals surface area contributed by atoms with Crippen LogP contribution in [0.25, 0.3) is 0 Å². The van der Waals surface area contributed by atoms with E-state index >= 15 is 0 Å². The molecule has 19 heavy (non-hydrogen) atoms. The highest BCUT2D eigenvalue weighted by Crippen LogP contribution is 2.31. The second-order valence-corrected chi connectivity index (χ2v) is 4.57. The maximum Gasteiger partial charge on any atom is 0.292 e. The summed E-state index contributed by atoms with van der Waals surface area (Å²) in [6.45, 7) is 0. The Hall–Kier alpha value is -2.15. The molecule has 0 atom stereocenters. The lowest BCUT2D eigenvalue weighted by molar-refractivity contribution is -0.383. The molecular weight excluding hydrogens is 319 g/mol. The van der Waals surface area contributed by atoms with Crippen LogP contribution in [0.4, 0.5) is 15.8 Å². The van der Waals surface area contributed by atoms with Gasteiger partial charge in [-0.25, -0.2) is 4.39 Å². The van der Waals surface area contributed by atoms with E-state index < -0.39 is 10.7 Å². The van der Waals surface area contributed by atoms with Gasteiger partial charge < -0.3 is 10.5 Å². The lowest BCUT2D eigenvalue weighted by Gasteiger charge is -2.08. The monoisotopic (exact) mass is 326 g/mol. The van der Waals surface area contributed by atoms with Crippen molar-refractivity contribution >= 4 is 27.3 Å². The number of nitro groups is 1. The van der Waals surface area contributed by atoms with Gasteiger partial charge in [-0.2, -0.15) is 0 Å². The number of nitrogen functional groups attached to an aromatic ring is 1. The van der Waals surface area contributed by atoms with E-state index in [9.17, 15) is 14.5 Å². The van der Waals surface area contributed by atoms with E-state index in [4.69, 9.17) is 10.5 Å². The third-order valence-electron chi connectivity index (χ3n) is 2.32. The standard InChI is InChI=1S/C12H8BrFN2O3/c13-7-1-3-9(14)12(5-7)19-8-2-4-11(16(17)18)10(15)6-8/h1-6H,15H2. The summed E-state index contributed by atoms with van der Waals surface area (Å²) in [6.07, 6.45) is 0. The number of rotatable bonds is 3. The Morgan fingerprint density at radius 2 is 2.00 bits per heavy atom. The fraction of sp³-hybridized carbons (Fsp3) is 0. The Kier molecular flexibility index (Phi) is 3.66. The third kappa shape index (κ3) is 3.00. The molecule has 0 saturated carbocycles. The van der Waals surface area contributed by atoms with E-state index in [0.29, 0.717) is 4.47 Å². The molecule has 0 amide bonds. The molecule has 0 spiro atoms. The van der Waals surface area contributed by atoms with Crippen molar-refractivity contribution in [2.24, 2.45) is 0 Å². The molecule has 0 saturated heterocycles. The zero-order valence-corrected chi connectivity index (χ0v) is 11.1. The van der Waals surface area contributed by atoms with Crippen LogP contribution >= 0.6 is 15.9 Å². The maximum absolute atomic E-state index is 13.5. The number of anilines is 1. The van der Waals surface area contributed by atoms with E-state index in [1.165, 1.54) is 36.4 Å². The Morgan fingerprint density at radius 3 is 2.63 bits per heavy atom. The Labute approximate surface area is 116 Å². The molecule has 2 aromatic carbocycles. The number of nitrogens with zero attached hydrogens (tertiary/aromatic N) is 1. The van der Waals surface area contributed by atoms with E-state index in [1.54, 1.807) is 0 Å². The Balaban J connectivity index is 2.31. The van der Waals surface area contributed by atoms with Gasteiger partial charge in [-0.15, -0.1) is 0 Å². The molecule has 2 aromatic rings. The van der Waals surface area contributed by atoms with Crippen molar-refractivity contribution < 1.29 is 14.1 Å². The van der Waals surface area contributed by atoms with Gasteiger partial charge in [0.2, 0.25) is 0 Å². The summed E-state index contributed by atoms with van der Waals surface area (Å²) in [5.41, 5.74) is 5.26. The van der Waals surface area contributed by atoms with Crippen LogP contribution in [0, 0.1) is 15.9 Å². The lowest BCUT2D eigenvalue weighted by atomic mass is 10.2. The number of ether oxygens (including phenoxy) is 1. The maximum atomic E-state index is 13.5. The average molecular weight is 327 g/mol. The number of nitro benzene ring substituents is 1. The first-order valence-corrected chi connectivity index (χ1v) is 5.93. The molecule has 98 valence electrons. The molecule has 0 aromatic heterocycles. The van der Waals surface area contributed by atoms with Gasteiger partial charge in [0.1, 0.15) is 11.4 Å². The van der Waals surface area contributed by atoms with Crippen molar-refractivity contribution in [3.8, 4) is 11.5 Å².